The lowest BCUT2D eigenvalue weighted by Gasteiger charge is -2.40. The molecule has 0 aromatic carbocycles. The second kappa shape index (κ2) is 75.1. The van der Waals surface area contributed by atoms with E-state index in [0.717, 1.165) is 57.8 Å². The number of aliphatic hydroxyl groups excluding tert-OH is 5. The number of aliphatic hydroxyl groups is 5. The summed E-state index contributed by atoms with van der Waals surface area (Å²) in [5.41, 5.74) is 0. The molecule has 11 heteroatoms. The molecule has 1 amide bonds. The van der Waals surface area contributed by atoms with E-state index in [-0.39, 0.29) is 18.5 Å². The first-order chi connectivity index (χ1) is 47.7. The van der Waals surface area contributed by atoms with E-state index < -0.39 is 49.5 Å². The van der Waals surface area contributed by atoms with E-state index in [1.165, 1.54) is 353 Å². The van der Waals surface area contributed by atoms with Crippen molar-refractivity contribution in [2.45, 2.75) is 480 Å². The first-order valence-corrected chi connectivity index (χ1v) is 42.8. The fourth-order valence-electron chi connectivity index (χ4n) is 13.8. The Kier molecular flexibility index (Phi) is 71.9. The molecule has 7 unspecified atom stereocenters. The molecule has 0 radical (unpaired) electrons. The molecule has 1 aliphatic rings. The monoisotopic (exact) mass is 1370 g/mol. The topological polar surface area (TPSA) is 175 Å². The van der Waals surface area contributed by atoms with Crippen LogP contribution in [0.4, 0.5) is 0 Å². The minimum Gasteiger partial charge on any atom is -0.466 e. The molecular weight excluding hydrogens is 1210 g/mol. The number of carbonyl (C=O) groups is 2. The van der Waals surface area contributed by atoms with Crippen LogP contribution in [-0.4, -0.2) is 100 Å². The summed E-state index contributed by atoms with van der Waals surface area (Å²) in [5, 5.41) is 54.6. The smallest absolute Gasteiger partial charge is 0.305 e. The predicted molar refractivity (Wildman–Crippen MR) is 412 cm³/mol. The van der Waals surface area contributed by atoms with Crippen molar-refractivity contribution in [1.29, 1.82) is 0 Å². The molecule has 0 bridgehead atoms. The first kappa shape index (κ1) is 92.9. The summed E-state index contributed by atoms with van der Waals surface area (Å²) in [4.78, 5) is 25.2. The van der Waals surface area contributed by atoms with Gasteiger partial charge in [0.25, 0.3) is 0 Å². The van der Waals surface area contributed by atoms with Crippen molar-refractivity contribution in [3.05, 3.63) is 36.5 Å². The number of amides is 1. The lowest BCUT2D eigenvalue weighted by atomic mass is 9.99. The molecule has 0 aliphatic carbocycles. The summed E-state index contributed by atoms with van der Waals surface area (Å²) in [6.45, 7) is 4.39. The van der Waals surface area contributed by atoms with Crippen molar-refractivity contribution in [3.8, 4) is 0 Å². The summed E-state index contributed by atoms with van der Waals surface area (Å²) in [6, 6.07) is -0.806. The molecule has 0 aromatic rings. The van der Waals surface area contributed by atoms with Crippen LogP contribution in [0.25, 0.3) is 0 Å². The summed E-state index contributed by atoms with van der Waals surface area (Å²) in [6.07, 6.45) is 89.2. The minimum atomic E-state index is -1.57. The molecule has 6 N–H and O–H groups in total. The van der Waals surface area contributed by atoms with Gasteiger partial charge in [0, 0.05) is 12.8 Å². The van der Waals surface area contributed by atoms with Crippen molar-refractivity contribution in [2.24, 2.45) is 0 Å². The van der Waals surface area contributed by atoms with E-state index in [1.807, 2.05) is 6.08 Å². The van der Waals surface area contributed by atoms with Crippen LogP contribution in [0.3, 0.4) is 0 Å². The van der Waals surface area contributed by atoms with Crippen LogP contribution in [-0.2, 0) is 23.8 Å². The zero-order valence-electron chi connectivity index (χ0n) is 64.1. The quantitative estimate of drug-likeness (QED) is 0.0195. The maximum Gasteiger partial charge on any atom is 0.305 e. The first-order valence-electron chi connectivity index (χ1n) is 42.8. The van der Waals surface area contributed by atoms with Gasteiger partial charge in [-0.15, -0.1) is 0 Å². The number of nitrogens with one attached hydrogen (secondary N) is 1. The normalized spacial score (nSPS) is 17.4. The van der Waals surface area contributed by atoms with Gasteiger partial charge in [0.2, 0.25) is 5.91 Å². The molecule has 0 saturated carbocycles. The molecule has 7 atom stereocenters. The number of carbonyl (C=O) groups excluding carboxylic acids is 2. The Bertz CT molecular complexity index is 1710. The van der Waals surface area contributed by atoms with Gasteiger partial charge in [0.1, 0.15) is 24.4 Å². The molecule has 97 heavy (non-hydrogen) atoms. The van der Waals surface area contributed by atoms with Gasteiger partial charge in [0.15, 0.2) is 6.29 Å². The van der Waals surface area contributed by atoms with Crippen LogP contribution in [0.1, 0.15) is 438 Å². The largest absolute Gasteiger partial charge is 0.466 e. The van der Waals surface area contributed by atoms with Crippen LogP contribution in [0.2, 0.25) is 0 Å². The molecule has 1 heterocycles. The SMILES string of the molecule is CCCCCCCCC/C=C\CCCCCCCCCC(=O)OCCCCCCCCCCCCCCCCCCCC/C=C\CCCCCCCCCCCCCCCCCCCC(=O)NC(COC1OC(CO)C(O)C(O)C1O)C(O)/C=C/CCCCCCCCCCCC. The van der Waals surface area contributed by atoms with Crippen molar-refractivity contribution in [1.82, 2.24) is 5.32 Å². The van der Waals surface area contributed by atoms with E-state index in [2.05, 4.69) is 43.5 Å². The Morgan fingerprint density at radius 3 is 0.990 bits per heavy atom. The summed E-state index contributed by atoms with van der Waals surface area (Å²) < 4.78 is 16.8. The summed E-state index contributed by atoms with van der Waals surface area (Å²) in [7, 11) is 0. The number of esters is 1. The Labute approximate surface area is 600 Å². The summed E-state index contributed by atoms with van der Waals surface area (Å²) in [5.74, 6) is -0.160. The van der Waals surface area contributed by atoms with Crippen LogP contribution in [0.5, 0.6) is 0 Å². The standard InChI is InChI=1S/C86H163NO10/c1-3-5-7-9-11-13-15-17-18-19-44-47-50-54-58-62-66-70-74-82(91)95-75-71-67-63-59-55-51-48-45-42-40-38-36-34-32-30-28-26-24-22-20-21-23-25-27-29-31-33-35-37-39-41-43-46-49-53-57-61-65-69-73-81(90)87-78(77-96-86-85(94)84(93)83(92)80(76-88)97-86)79(89)72-68-64-60-56-52-16-14-12-10-8-6-4-2/h18-21,68,72,78-80,83-86,88-89,92-94H,3-17,22-67,69-71,73-77H2,1-2H3,(H,87,90)/b19-18-,21-20-,72-68+. The highest BCUT2D eigenvalue weighted by Crippen LogP contribution is 2.24. The van der Waals surface area contributed by atoms with Gasteiger partial charge in [0.05, 0.1) is 32.0 Å². The molecule has 0 aromatic heterocycles. The van der Waals surface area contributed by atoms with Crippen molar-refractivity contribution >= 4 is 11.9 Å². The third-order valence-electron chi connectivity index (χ3n) is 20.5. The maximum atomic E-state index is 13.1. The maximum absolute atomic E-state index is 13.1. The molecule has 0 spiro atoms. The van der Waals surface area contributed by atoms with E-state index >= 15 is 0 Å². The van der Waals surface area contributed by atoms with Gasteiger partial charge >= 0.3 is 5.97 Å². The van der Waals surface area contributed by atoms with Gasteiger partial charge in [-0.05, 0) is 83.5 Å². The summed E-state index contributed by atoms with van der Waals surface area (Å²) >= 11 is 0. The van der Waals surface area contributed by atoms with E-state index in [9.17, 15) is 35.1 Å². The van der Waals surface area contributed by atoms with Gasteiger partial charge < -0.3 is 45.1 Å². The van der Waals surface area contributed by atoms with Crippen molar-refractivity contribution < 1.29 is 49.3 Å². The number of ether oxygens (including phenoxy) is 3. The van der Waals surface area contributed by atoms with Crippen molar-refractivity contribution in [2.75, 3.05) is 19.8 Å². The molecule has 572 valence electrons. The van der Waals surface area contributed by atoms with E-state index in [1.54, 1.807) is 6.08 Å². The fourth-order valence-corrected chi connectivity index (χ4v) is 13.8. The lowest BCUT2D eigenvalue weighted by molar-refractivity contribution is -0.302. The van der Waals surface area contributed by atoms with E-state index in [0.29, 0.717) is 19.4 Å². The van der Waals surface area contributed by atoms with Crippen LogP contribution in [0.15, 0.2) is 36.5 Å². The minimum absolute atomic E-state index is 0.0147. The third-order valence-corrected chi connectivity index (χ3v) is 20.5. The average Bonchev–Trinajstić information content (AvgIpc) is 0.874. The molecule has 1 rings (SSSR count). The number of allylic oxidation sites excluding steroid dienone is 5. The van der Waals surface area contributed by atoms with Gasteiger partial charge in [-0.1, -0.05) is 378 Å². The van der Waals surface area contributed by atoms with Crippen LogP contribution < -0.4 is 5.32 Å². The highest BCUT2D eigenvalue weighted by molar-refractivity contribution is 5.76. The van der Waals surface area contributed by atoms with Crippen LogP contribution >= 0.6 is 0 Å². The Morgan fingerprint density at radius 2 is 0.660 bits per heavy atom. The Hall–Kier alpha value is -2.12. The Balaban J connectivity index is 1.86. The molecular formula is C86H163NO10. The number of unbranched alkanes of at least 4 members (excludes halogenated alkanes) is 59. The predicted octanol–water partition coefficient (Wildman–Crippen LogP) is 23.6. The van der Waals surface area contributed by atoms with E-state index in [4.69, 9.17) is 14.2 Å². The lowest BCUT2D eigenvalue weighted by Crippen LogP contribution is -2.60. The Morgan fingerprint density at radius 1 is 0.371 bits per heavy atom. The molecule has 11 nitrogen and oxygen atoms in total. The average molecular weight is 1370 g/mol. The van der Waals surface area contributed by atoms with Gasteiger partial charge in [-0.3, -0.25) is 9.59 Å². The van der Waals surface area contributed by atoms with Gasteiger partial charge in [-0.2, -0.15) is 0 Å². The zero-order chi connectivity index (χ0) is 70.1. The second-order valence-electron chi connectivity index (χ2n) is 29.9. The molecule has 1 fully saturated rings. The number of hydrogen-bond donors (Lipinski definition) is 6. The number of rotatable bonds is 77. The zero-order valence-corrected chi connectivity index (χ0v) is 64.1. The van der Waals surface area contributed by atoms with Crippen molar-refractivity contribution in [3.63, 3.8) is 0 Å². The highest BCUT2D eigenvalue weighted by atomic mass is 16.7. The second-order valence-corrected chi connectivity index (χ2v) is 29.9. The number of hydrogen-bond acceptors (Lipinski definition) is 10. The third kappa shape index (κ3) is 63.3. The highest BCUT2D eigenvalue weighted by Gasteiger charge is 2.44. The molecule has 1 saturated heterocycles. The molecule has 1 aliphatic heterocycles. The fraction of sp³-hybridized carbons (Fsp3) is 0.907. The van der Waals surface area contributed by atoms with Crippen LogP contribution in [0, 0.1) is 0 Å². The van der Waals surface area contributed by atoms with Gasteiger partial charge in [-0.25, -0.2) is 0 Å².